The largest absolute Gasteiger partial charge is 0.497 e. The topological polar surface area (TPSA) is 66.8 Å². The first-order chi connectivity index (χ1) is 11.7. The van der Waals surface area contributed by atoms with Crippen LogP contribution >= 0.6 is 0 Å². The summed E-state index contributed by atoms with van der Waals surface area (Å²) in [6, 6.07) is 6.03. The molecule has 0 radical (unpaired) electrons. The van der Waals surface area contributed by atoms with E-state index in [2.05, 4.69) is 0 Å². The summed E-state index contributed by atoms with van der Waals surface area (Å²) in [4.78, 5) is 24.8. The molecule has 2 atom stereocenters. The molecular formula is C17H16F3NO4. The molecule has 2 fully saturated rings. The molecule has 0 unspecified atom stereocenters. The van der Waals surface area contributed by atoms with Gasteiger partial charge in [0.15, 0.2) is 0 Å². The Kier molecular flexibility index (Phi) is 4.22. The number of ether oxygens (including phenoxy) is 1. The maximum Gasteiger partial charge on any atom is 0.423 e. The molecule has 5 nitrogen and oxygen atoms in total. The normalized spacial score (nSPS) is 24.6. The summed E-state index contributed by atoms with van der Waals surface area (Å²) in [7, 11) is 1.51. The molecule has 1 amide bonds. The molecule has 134 valence electrons. The van der Waals surface area contributed by atoms with Gasteiger partial charge in [-0.2, -0.15) is 13.2 Å². The number of likely N-dealkylation sites (tertiary alicyclic amines) is 1. The minimum atomic E-state index is -4.94. The number of carboxylic acid groups (broad SMARTS) is 1. The van der Waals surface area contributed by atoms with E-state index in [1.54, 1.807) is 24.3 Å². The van der Waals surface area contributed by atoms with E-state index in [9.17, 15) is 22.8 Å². The van der Waals surface area contributed by atoms with Crippen molar-refractivity contribution in [2.75, 3.05) is 7.11 Å². The monoisotopic (exact) mass is 355 g/mol. The summed E-state index contributed by atoms with van der Waals surface area (Å²) < 4.78 is 44.4. The number of carbonyl (C=O) groups excluding carboxylic acids is 1. The molecule has 1 saturated carbocycles. The molecule has 1 heterocycles. The lowest BCUT2D eigenvalue weighted by Gasteiger charge is -2.30. The van der Waals surface area contributed by atoms with E-state index in [1.165, 1.54) is 12.0 Å². The number of rotatable bonds is 4. The Bertz CT molecular complexity index is 739. The van der Waals surface area contributed by atoms with Gasteiger partial charge in [-0.1, -0.05) is 12.1 Å². The predicted molar refractivity (Wildman–Crippen MR) is 80.8 cm³/mol. The lowest BCUT2D eigenvalue weighted by Crippen LogP contribution is -2.40. The molecule has 1 saturated heterocycles. The van der Waals surface area contributed by atoms with Crippen LogP contribution in [0.25, 0.3) is 0 Å². The number of methoxy groups -OCH3 is 1. The number of piperidine rings is 1. The van der Waals surface area contributed by atoms with Gasteiger partial charge in [0.25, 0.3) is 0 Å². The third-order valence-corrected chi connectivity index (χ3v) is 4.72. The molecule has 1 aliphatic carbocycles. The first-order valence-corrected chi connectivity index (χ1v) is 7.69. The molecule has 0 spiro atoms. The Morgan fingerprint density at radius 1 is 1.32 bits per heavy atom. The van der Waals surface area contributed by atoms with Gasteiger partial charge >= 0.3 is 12.1 Å². The number of halogens is 3. The number of amides is 1. The van der Waals surface area contributed by atoms with Crippen LogP contribution in [0.1, 0.15) is 18.4 Å². The van der Waals surface area contributed by atoms with Crippen LogP contribution in [-0.2, 0) is 16.1 Å². The minimum Gasteiger partial charge on any atom is -0.497 e. The summed E-state index contributed by atoms with van der Waals surface area (Å²) in [6.07, 6.45) is -4.85. The van der Waals surface area contributed by atoms with Crippen LogP contribution < -0.4 is 4.74 Å². The SMILES string of the molecule is COc1ccc(CN2C(=O)[C@H]3C/C(=C(\C(=O)O)C(F)(F)F)[C@@H]2C3)cc1. The zero-order valence-electron chi connectivity index (χ0n) is 13.3. The second kappa shape index (κ2) is 6.09. The molecular weight excluding hydrogens is 339 g/mol. The number of carbonyl (C=O) groups is 2. The number of nitrogens with zero attached hydrogens (tertiary/aromatic N) is 1. The molecule has 3 rings (SSSR count). The Labute approximate surface area is 141 Å². The van der Waals surface area contributed by atoms with Crippen LogP contribution in [-0.4, -0.2) is 41.2 Å². The summed E-state index contributed by atoms with van der Waals surface area (Å²) in [5, 5.41) is 9.00. The molecule has 1 aromatic carbocycles. The third kappa shape index (κ3) is 3.08. The molecule has 0 aromatic heterocycles. The number of hydrogen-bond donors (Lipinski definition) is 1. The van der Waals surface area contributed by atoms with E-state index in [0.717, 1.165) is 5.56 Å². The fraction of sp³-hybridized carbons (Fsp3) is 0.412. The van der Waals surface area contributed by atoms with E-state index in [0.29, 0.717) is 5.75 Å². The summed E-state index contributed by atoms with van der Waals surface area (Å²) >= 11 is 0. The van der Waals surface area contributed by atoms with Crippen LogP contribution in [0.3, 0.4) is 0 Å². The predicted octanol–water partition coefficient (Wildman–Crippen LogP) is 2.76. The zero-order chi connectivity index (χ0) is 18.4. The lowest BCUT2D eigenvalue weighted by atomic mass is 9.97. The highest BCUT2D eigenvalue weighted by Gasteiger charge is 2.53. The lowest BCUT2D eigenvalue weighted by molar-refractivity contribution is -0.146. The molecule has 25 heavy (non-hydrogen) atoms. The Balaban J connectivity index is 1.91. The van der Waals surface area contributed by atoms with Crippen molar-refractivity contribution < 1.29 is 32.6 Å². The van der Waals surface area contributed by atoms with Crippen molar-refractivity contribution in [3.63, 3.8) is 0 Å². The minimum absolute atomic E-state index is 0.135. The molecule has 2 aliphatic rings. The first kappa shape index (κ1) is 17.3. The Morgan fingerprint density at radius 3 is 2.44 bits per heavy atom. The van der Waals surface area contributed by atoms with Crippen molar-refractivity contribution in [3.05, 3.63) is 41.0 Å². The van der Waals surface area contributed by atoms with E-state index in [1.807, 2.05) is 0 Å². The van der Waals surface area contributed by atoms with Crippen molar-refractivity contribution in [1.82, 2.24) is 4.90 Å². The third-order valence-electron chi connectivity index (χ3n) is 4.72. The number of fused-ring (bicyclic) bond motifs is 2. The van der Waals surface area contributed by atoms with Gasteiger partial charge in [0.05, 0.1) is 13.2 Å². The molecule has 1 N–H and O–H groups in total. The fourth-order valence-corrected chi connectivity index (χ4v) is 3.61. The van der Waals surface area contributed by atoms with Crippen LogP contribution in [0, 0.1) is 5.92 Å². The fourth-order valence-electron chi connectivity index (χ4n) is 3.61. The maximum absolute atomic E-state index is 13.1. The van der Waals surface area contributed by atoms with Crippen LogP contribution in [0.15, 0.2) is 35.4 Å². The van der Waals surface area contributed by atoms with Gasteiger partial charge in [-0.3, -0.25) is 4.79 Å². The smallest absolute Gasteiger partial charge is 0.423 e. The Hall–Kier alpha value is -2.51. The van der Waals surface area contributed by atoms with Gasteiger partial charge < -0.3 is 14.7 Å². The maximum atomic E-state index is 13.1. The van der Waals surface area contributed by atoms with Crippen molar-refractivity contribution in [3.8, 4) is 5.75 Å². The van der Waals surface area contributed by atoms with E-state index < -0.39 is 29.7 Å². The molecule has 2 bridgehead atoms. The molecule has 1 aliphatic heterocycles. The number of carboxylic acids is 1. The average Bonchev–Trinajstić information content (AvgIpc) is 3.06. The average molecular weight is 355 g/mol. The highest BCUT2D eigenvalue weighted by molar-refractivity contribution is 5.92. The van der Waals surface area contributed by atoms with Gasteiger partial charge in [0, 0.05) is 12.5 Å². The second-order valence-corrected chi connectivity index (χ2v) is 6.17. The second-order valence-electron chi connectivity index (χ2n) is 6.17. The molecule has 1 aromatic rings. The van der Waals surface area contributed by atoms with E-state index in [4.69, 9.17) is 9.84 Å². The van der Waals surface area contributed by atoms with Crippen molar-refractivity contribution in [1.29, 1.82) is 0 Å². The van der Waals surface area contributed by atoms with Crippen LogP contribution in [0.5, 0.6) is 5.75 Å². The number of alkyl halides is 3. The van der Waals surface area contributed by atoms with Gasteiger partial charge in [0.1, 0.15) is 11.3 Å². The van der Waals surface area contributed by atoms with Gasteiger partial charge in [-0.25, -0.2) is 4.79 Å². The van der Waals surface area contributed by atoms with Gasteiger partial charge in [-0.15, -0.1) is 0 Å². The van der Waals surface area contributed by atoms with Crippen molar-refractivity contribution in [2.24, 2.45) is 5.92 Å². The summed E-state index contributed by atoms with van der Waals surface area (Å²) in [6.45, 7) is 0.137. The van der Waals surface area contributed by atoms with E-state index >= 15 is 0 Å². The van der Waals surface area contributed by atoms with Crippen LogP contribution in [0.4, 0.5) is 13.2 Å². The highest BCUT2D eigenvalue weighted by Crippen LogP contribution is 2.47. The van der Waals surface area contributed by atoms with Gasteiger partial charge in [-0.05, 0) is 36.1 Å². The van der Waals surface area contributed by atoms with Crippen molar-refractivity contribution in [2.45, 2.75) is 31.6 Å². The van der Waals surface area contributed by atoms with Gasteiger partial charge in [0.2, 0.25) is 5.91 Å². The highest BCUT2D eigenvalue weighted by atomic mass is 19.4. The van der Waals surface area contributed by atoms with Crippen molar-refractivity contribution >= 4 is 11.9 Å². The number of aliphatic carboxylic acids is 1. The zero-order valence-corrected chi connectivity index (χ0v) is 13.3. The first-order valence-electron chi connectivity index (χ1n) is 7.69. The quantitative estimate of drug-likeness (QED) is 0.844. The number of hydrogen-bond acceptors (Lipinski definition) is 3. The van der Waals surface area contributed by atoms with Crippen LogP contribution in [0.2, 0.25) is 0 Å². The molecule has 8 heteroatoms. The Morgan fingerprint density at radius 2 is 1.96 bits per heavy atom. The summed E-state index contributed by atoms with van der Waals surface area (Å²) in [5.74, 6) is -2.16. The summed E-state index contributed by atoms with van der Waals surface area (Å²) in [5.41, 5.74) is -0.990. The standard InChI is InChI=1S/C17H16F3NO4/c1-25-11-4-2-9(3-5-11)8-21-13-7-10(15(21)22)6-12(13)14(16(23)24)17(18,19)20/h2-5,10,13H,6-8H2,1H3,(H,23,24)/b14-12-/t10-,13-/m0/s1. The number of benzene rings is 1. The van der Waals surface area contributed by atoms with E-state index in [-0.39, 0.29) is 30.9 Å².